The lowest BCUT2D eigenvalue weighted by molar-refractivity contribution is -0.390. The van der Waals surface area contributed by atoms with Crippen LogP contribution >= 0.6 is 0 Å². The summed E-state index contributed by atoms with van der Waals surface area (Å²) in [7, 11) is 0. The van der Waals surface area contributed by atoms with E-state index in [1.54, 1.807) is 12.3 Å². The highest BCUT2D eigenvalue weighted by molar-refractivity contribution is 5.45. The lowest BCUT2D eigenvalue weighted by Crippen LogP contribution is -1.93. The summed E-state index contributed by atoms with van der Waals surface area (Å²) >= 11 is 0. The maximum absolute atomic E-state index is 10.5. The van der Waals surface area contributed by atoms with Gasteiger partial charge in [-0.3, -0.25) is 0 Å². The summed E-state index contributed by atoms with van der Waals surface area (Å²) in [5.41, 5.74) is 1.56. The number of nitro groups is 1. The van der Waals surface area contributed by atoms with Gasteiger partial charge < -0.3 is 10.1 Å². The average Bonchev–Trinajstić information content (AvgIpc) is 2.63. The van der Waals surface area contributed by atoms with Crippen molar-refractivity contribution in [3.63, 3.8) is 0 Å². The van der Waals surface area contributed by atoms with E-state index in [4.69, 9.17) is 0 Å². The molecule has 80 valence electrons. The maximum Gasteiger partial charge on any atom is 0.347 e. The Morgan fingerprint density at radius 2 is 2.07 bits per heavy atom. The highest BCUT2D eigenvalue weighted by Crippen LogP contribution is 2.14. The van der Waals surface area contributed by atoms with E-state index in [2.05, 4.69) is 4.98 Å². The predicted molar refractivity (Wildman–Crippen MR) is 57.9 cm³/mol. The molecule has 0 fully saturated rings. The zero-order valence-electron chi connectivity index (χ0n) is 8.97. The molecule has 2 aromatic heterocycles. The van der Waals surface area contributed by atoms with Crippen molar-refractivity contribution >= 4 is 11.5 Å². The van der Waals surface area contributed by atoms with Gasteiger partial charge in [0.15, 0.2) is 0 Å². The van der Waals surface area contributed by atoms with Gasteiger partial charge in [0.25, 0.3) is 0 Å². The molecule has 0 spiro atoms. The van der Waals surface area contributed by atoms with Crippen molar-refractivity contribution in [1.82, 2.24) is 9.38 Å². The number of aromatic nitrogens is 2. The van der Waals surface area contributed by atoms with E-state index >= 15 is 0 Å². The summed E-state index contributed by atoms with van der Waals surface area (Å²) in [6, 6.07) is 3.62. The third-order valence-corrected chi connectivity index (χ3v) is 1.82. The summed E-state index contributed by atoms with van der Waals surface area (Å²) in [6.07, 6.45) is 2.95. The first-order chi connectivity index (χ1) is 7.18. The highest BCUT2D eigenvalue weighted by atomic mass is 16.6. The van der Waals surface area contributed by atoms with Crippen molar-refractivity contribution in [2.24, 2.45) is 0 Å². The van der Waals surface area contributed by atoms with Gasteiger partial charge in [0.05, 0.1) is 0 Å². The van der Waals surface area contributed by atoms with Crippen LogP contribution in [-0.2, 0) is 0 Å². The maximum atomic E-state index is 10.5. The van der Waals surface area contributed by atoms with Crippen LogP contribution in [0.4, 0.5) is 5.82 Å². The molecule has 2 rings (SSSR count). The minimum atomic E-state index is -0.445. The van der Waals surface area contributed by atoms with Crippen molar-refractivity contribution in [1.29, 1.82) is 0 Å². The quantitative estimate of drug-likeness (QED) is 0.533. The molecule has 0 saturated heterocycles. The van der Waals surface area contributed by atoms with E-state index in [9.17, 15) is 10.1 Å². The van der Waals surface area contributed by atoms with Crippen LogP contribution < -0.4 is 0 Å². The van der Waals surface area contributed by atoms with Gasteiger partial charge in [-0.05, 0) is 23.5 Å². The molecule has 0 aliphatic rings. The van der Waals surface area contributed by atoms with Crippen molar-refractivity contribution in [3.8, 4) is 0 Å². The Bertz CT molecular complexity index is 476. The van der Waals surface area contributed by atoms with E-state index in [1.807, 2.05) is 26.8 Å². The van der Waals surface area contributed by atoms with Crippen molar-refractivity contribution in [2.45, 2.75) is 20.8 Å². The van der Waals surface area contributed by atoms with Crippen LogP contribution in [0.15, 0.2) is 24.5 Å². The summed E-state index contributed by atoms with van der Waals surface area (Å²) in [5, 5.41) is 10.5. The van der Waals surface area contributed by atoms with Crippen LogP contribution in [0, 0.1) is 17.0 Å². The third-order valence-electron chi connectivity index (χ3n) is 1.82. The Hall–Kier alpha value is -1.91. The fraction of sp³-hybridized carbons (Fsp3) is 0.300. The summed E-state index contributed by atoms with van der Waals surface area (Å²) < 4.78 is 1.47. The standard InChI is InChI=1S/C8H7N3O2.C2H6/c1-6-2-3-7-9-4-8(11(12)13)10(7)5-6;1-2/h2-5H,1H3;1-2H3. The molecular weight excluding hydrogens is 194 g/mol. The molecule has 0 saturated carbocycles. The Morgan fingerprint density at radius 3 is 2.67 bits per heavy atom. The monoisotopic (exact) mass is 207 g/mol. The first-order valence-electron chi connectivity index (χ1n) is 4.76. The average molecular weight is 207 g/mol. The highest BCUT2D eigenvalue weighted by Gasteiger charge is 2.12. The largest absolute Gasteiger partial charge is 0.358 e. The van der Waals surface area contributed by atoms with E-state index in [0.717, 1.165) is 5.56 Å². The summed E-state index contributed by atoms with van der Waals surface area (Å²) in [4.78, 5) is 14.0. The van der Waals surface area contributed by atoms with Crippen LogP contribution in [0.25, 0.3) is 5.65 Å². The topological polar surface area (TPSA) is 60.4 Å². The van der Waals surface area contributed by atoms with Gasteiger partial charge in [0.1, 0.15) is 12.4 Å². The van der Waals surface area contributed by atoms with Gasteiger partial charge >= 0.3 is 5.82 Å². The molecule has 5 nitrogen and oxygen atoms in total. The second-order valence-electron chi connectivity index (χ2n) is 2.81. The number of nitrogens with zero attached hydrogens (tertiary/aromatic N) is 3. The minimum Gasteiger partial charge on any atom is -0.358 e. The Balaban J connectivity index is 0.000000531. The van der Waals surface area contributed by atoms with Gasteiger partial charge in [-0.25, -0.2) is 4.98 Å². The lowest BCUT2D eigenvalue weighted by Gasteiger charge is -1.93. The summed E-state index contributed by atoms with van der Waals surface area (Å²) in [5.74, 6) is -0.00120. The SMILES string of the molecule is CC.Cc1ccc2ncc([N+](=O)[O-])n2c1. The predicted octanol–water partition coefficient (Wildman–Crippen LogP) is 2.58. The second kappa shape index (κ2) is 4.54. The first-order valence-corrected chi connectivity index (χ1v) is 4.76. The van der Waals surface area contributed by atoms with Crippen molar-refractivity contribution in [3.05, 3.63) is 40.2 Å². The number of pyridine rings is 1. The van der Waals surface area contributed by atoms with E-state index in [1.165, 1.54) is 10.6 Å². The molecule has 0 aliphatic heterocycles. The number of fused-ring (bicyclic) bond motifs is 1. The van der Waals surface area contributed by atoms with Crippen LogP contribution in [0.2, 0.25) is 0 Å². The second-order valence-corrected chi connectivity index (χ2v) is 2.81. The molecule has 0 unspecified atom stereocenters. The molecule has 0 bridgehead atoms. The van der Waals surface area contributed by atoms with Crippen molar-refractivity contribution < 1.29 is 4.92 Å². The zero-order chi connectivity index (χ0) is 11.4. The van der Waals surface area contributed by atoms with Gasteiger partial charge in [0, 0.05) is 6.07 Å². The Kier molecular flexibility index (Phi) is 3.38. The molecule has 2 heterocycles. The van der Waals surface area contributed by atoms with Crippen molar-refractivity contribution in [2.75, 3.05) is 0 Å². The lowest BCUT2D eigenvalue weighted by atomic mass is 10.3. The van der Waals surface area contributed by atoms with Crippen LogP contribution in [0.3, 0.4) is 0 Å². The molecule has 0 N–H and O–H groups in total. The van der Waals surface area contributed by atoms with Gasteiger partial charge in [-0.1, -0.05) is 13.8 Å². The fourth-order valence-electron chi connectivity index (χ4n) is 1.21. The zero-order valence-corrected chi connectivity index (χ0v) is 8.97. The van der Waals surface area contributed by atoms with Gasteiger partial charge in [-0.15, -0.1) is 0 Å². The Morgan fingerprint density at radius 1 is 1.40 bits per heavy atom. The third kappa shape index (κ3) is 2.12. The fourth-order valence-corrected chi connectivity index (χ4v) is 1.21. The molecule has 0 radical (unpaired) electrons. The number of aryl methyl sites for hydroxylation is 1. The molecule has 2 aromatic rings. The smallest absolute Gasteiger partial charge is 0.347 e. The molecule has 5 heteroatoms. The van der Waals surface area contributed by atoms with Gasteiger partial charge in [0.2, 0.25) is 5.65 Å². The molecule has 0 aliphatic carbocycles. The molecule has 0 aromatic carbocycles. The first kappa shape index (κ1) is 11.2. The van der Waals surface area contributed by atoms with Crippen LogP contribution in [0.5, 0.6) is 0 Å². The summed E-state index contributed by atoms with van der Waals surface area (Å²) in [6.45, 7) is 5.88. The molecular formula is C10H13N3O2. The number of rotatable bonds is 1. The number of imidazole rings is 1. The molecule has 15 heavy (non-hydrogen) atoms. The van der Waals surface area contributed by atoms with E-state index in [0.29, 0.717) is 5.65 Å². The number of hydrogen-bond acceptors (Lipinski definition) is 3. The molecule has 0 amide bonds. The number of hydrogen-bond donors (Lipinski definition) is 0. The normalized spacial score (nSPS) is 9.53. The van der Waals surface area contributed by atoms with E-state index in [-0.39, 0.29) is 5.82 Å². The van der Waals surface area contributed by atoms with Gasteiger partial charge in [-0.2, -0.15) is 4.40 Å². The van der Waals surface area contributed by atoms with Crippen LogP contribution in [-0.4, -0.2) is 14.3 Å². The van der Waals surface area contributed by atoms with E-state index < -0.39 is 4.92 Å². The minimum absolute atomic E-state index is 0.00120. The van der Waals surface area contributed by atoms with Crippen LogP contribution in [0.1, 0.15) is 19.4 Å². The Labute approximate surface area is 87.5 Å². The molecule has 0 atom stereocenters.